The average Bonchev–Trinajstić information content (AvgIpc) is 1.68. The zero-order valence-electron chi connectivity index (χ0n) is 4.28. The van der Waals surface area contributed by atoms with E-state index < -0.39 is 0 Å². The minimum absolute atomic E-state index is 0.00926. The lowest BCUT2D eigenvalue weighted by atomic mass is 10.3. The van der Waals surface area contributed by atoms with Gasteiger partial charge in [0.25, 0.3) is 0 Å². The Morgan fingerprint density at radius 3 is 2.50 bits per heavy atom. The molecule has 0 radical (unpaired) electrons. The summed E-state index contributed by atoms with van der Waals surface area (Å²) >= 11 is 16.2. The maximum atomic E-state index is 5.63. The standard InChI is InChI=1S/C5H7Cl3/c6-3-1-5(8)2-4-7/h1,3,5H,2,4H2. The number of alkyl halides is 2. The third-order valence-corrected chi connectivity index (χ3v) is 1.39. The predicted octanol–water partition coefficient (Wildman–Crippen LogP) is 2.98. The van der Waals surface area contributed by atoms with Crippen molar-refractivity contribution in [3.63, 3.8) is 0 Å². The zero-order chi connectivity index (χ0) is 6.41. The van der Waals surface area contributed by atoms with Gasteiger partial charge in [-0.15, -0.1) is 23.2 Å². The van der Waals surface area contributed by atoms with E-state index in [4.69, 9.17) is 34.8 Å². The van der Waals surface area contributed by atoms with Crippen LogP contribution in [0.5, 0.6) is 0 Å². The van der Waals surface area contributed by atoms with Gasteiger partial charge in [0.1, 0.15) is 0 Å². The second-order valence-electron chi connectivity index (χ2n) is 1.31. The number of hydrogen-bond donors (Lipinski definition) is 0. The molecule has 0 spiro atoms. The third kappa shape index (κ3) is 4.76. The van der Waals surface area contributed by atoms with Crippen molar-refractivity contribution in [1.29, 1.82) is 0 Å². The molecule has 48 valence electrons. The van der Waals surface area contributed by atoms with Crippen LogP contribution in [0.4, 0.5) is 0 Å². The molecule has 0 bridgehead atoms. The first-order valence-electron chi connectivity index (χ1n) is 2.28. The lowest BCUT2D eigenvalue weighted by Crippen LogP contribution is -1.92. The number of allylic oxidation sites excluding steroid dienone is 1. The molecule has 8 heavy (non-hydrogen) atoms. The molecule has 0 saturated heterocycles. The zero-order valence-corrected chi connectivity index (χ0v) is 6.55. The Labute approximate surface area is 64.4 Å². The highest BCUT2D eigenvalue weighted by atomic mass is 35.5. The van der Waals surface area contributed by atoms with Crippen LogP contribution in [0.1, 0.15) is 6.42 Å². The van der Waals surface area contributed by atoms with Crippen LogP contribution in [0.2, 0.25) is 0 Å². The molecule has 0 aromatic carbocycles. The second kappa shape index (κ2) is 5.74. The summed E-state index contributed by atoms with van der Waals surface area (Å²) < 4.78 is 0. The smallest absolute Gasteiger partial charge is 0.0538 e. The Bertz CT molecular complexity index is 70.1. The summed E-state index contributed by atoms with van der Waals surface area (Å²) in [6.45, 7) is 0. The summed E-state index contributed by atoms with van der Waals surface area (Å²) in [6.07, 6.45) is 2.47. The van der Waals surface area contributed by atoms with Crippen molar-refractivity contribution < 1.29 is 0 Å². The summed E-state index contributed by atoms with van der Waals surface area (Å²) in [5.41, 5.74) is 1.41. The van der Waals surface area contributed by atoms with Crippen molar-refractivity contribution >= 4 is 34.8 Å². The third-order valence-electron chi connectivity index (χ3n) is 0.666. The Hall–Kier alpha value is 0.610. The fourth-order valence-corrected chi connectivity index (χ4v) is 1.06. The highest BCUT2D eigenvalue weighted by Gasteiger charge is 1.94. The molecule has 0 heterocycles. The van der Waals surface area contributed by atoms with Crippen molar-refractivity contribution in [3.8, 4) is 0 Å². The van der Waals surface area contributed by atoms with E-state index in [9.17, 15) is 0 Å². The number of halogens is 3. The van der Waals surface area contributed by atoms with Crippen LogP contribution in [0.3, 0.4) is 0 Å². The molecule has 0 N–H and O–H groups in total. The van der Waals surface area contributed by atoms with Gasteiger partial charge < -0.3 is 0 Å². The molecule has 0 aliphatic carbocycles. The van der Waals surface area contributed by atoms with Gasteiger partial charge in [0.2, 0.25) is 0 Å². The quantitative estimate of drug-likeness (QED) is 0.576. The molecule has 0 fully saturated rings. The number of rotatable bonds is 3. The SMILES string of the molecule is ClC=CC(Cl)CCCl. The lowest BCUT2D eigenvalue weighted by molar-refractivity contribution is 0.976. The fraction of sp³-hybridized carbons (Fsp3) is 0.600. The van der Waals surface area contributed by atoms with E-state index in [1.807, 2.05) is 0 Å². The molecule has 0 aromatic heterocycles. The van der Waals surface area contributed by atoms with Crippen molar-refractivity contribution in [2.24, 2.45) is 0 Å². The molecule has 0 saturated carbocycles. The first kappa shape index (κ1) is 8.61. The molecule has 0 amide bonds. The molecular weight excluding hydrogens is 166 g/mol. The summed E-state index contributed by atoms with van der Waals surface area (Å²) in [7, 11) is 0. The fourth-order valence-electron chi connectivity index (χ4n) is 0.279. The van der Waals surface area contributed by atoms with Crippen LogP contribution in [0.25, 0.3) is 0 Å². The van der Waals surface area contributed by atoms with E-state index in [0.29, 0.717) is 5.88 Å². The van der Waals surface area contributed by atoms with E-state index in [1.165, 1.54) is 5.54 Å². The van der Waals surface area contributed by atoms with Gasteiger partial charge in [-0.25, -0.2) is 0 Å². The Morgan fingerprint density at radius 1 is 1.50 bits per heavy atom. The molecule has 0 aliphatic heterocycles. The lowest BCUT2D eigenvalue weighted by Gasteiger charge is -1.95. The van der Waals surface area contributed by atoms with E-state index in [2.05, 4.69) is 0 Å². The maximum absolute atomic E-state index is 5.63. The summed E-state index contributed by atoms with van der Waals surface area (Å²) in [5, 5.41) is -0.00926. The minimum Gasteiger partial charge on any atom is -0.127 e. The van der Waals surface area contributed by atoms with Crippen LogP contribution < -0.4 is 0 Å². The first-order valence-corrected chi connectivity index (χ1v) is 3.69. The highest BCUT2D eigenvalue weighted by molar-refractivity contribution is 6.27. The van der Waals surface area contributed by atoms with Crippen LogP contribution in [0, 0.1) is 0 Å². The average molecular weight is 173 g/mol. The van der Waals surface area contributed by atoms with Crippen molar-refractivity contribution in [3.05, 3.63) is 11.6 Å². The molecule has 0 nitrogen and oxygen atoms in total. The van der Waals surface area contributed by atoms with Gasteiger partial charge in [0.05, 0.1) is 5.38 Å². The molecule has 1 atom stereocenters. The van der Waals surface area contributed by atoms with Gasteiger partial charge in [-0.3, -0.25) is 0 Å². The van der Waals surface area contributed by atoms with Crippen LogP contribution in [-0.4, -0.2) is 11.3 Å². The van der Waals surface area contributed by atoms with Crippen molar-refractivity contribution in [2.75, 3.05) is 5.88 Å². The largest absolute Gasteiger partial charge is 0.127 e. The molecule has 1 unspecified atom stereocenters. The number of hydrogen-bond acceptors (Lipinski definition) is 0. The maximum Gasteiger partial charge on any atom is 0.0538 e. The van der Waals surface area contributed by atoms with E-state index in [-0.39, 0.29) is 5.38 Å². The van der Waals surface area contributed by atoms with Gasteiger partial charge in [0.15, 0.2) is 0 Å². The van der Waals surface area contributed by atoms with Gasteiger partial charge in [0, 0.05) is 11.4 Å². The summed E-state index contributed by atoms with van der Waals surface area (Å²) in [4.78, 5) is 0. The second-order valence-corrected chi connectivity index (χ2v) is 2.50. The van der Waals surface area contributed by atoms with Gasteiger partial charge in [-0.1, -0.05) is 17.7 Å². The topological polar surface area (TPSA) is 0 Å². The Balaban J connectivity index is 3.17. The molecule has 0 aromatic rings. The van der Waals surface area contributed by atoms with Gasteiger partial charge >= 0.3 is 0 Å². The van der Waals surface area contributed by atoms with Crippen LogP contribution in [-0.2, 0) is 0 Å². The monoisotopic (exact) mass is 172 g/mol. The van der Waals surface area contributed by atoms with Crippen molar-refractivity contribution in [2.45, 2.75) is 11.8 Å². The summed E-state index contributed by atoms with van der Waals surface area (Å²) in [6, 6.07) is 0. The molecule has 0 rings (SSSR count). The van der Waals surface area contributed by atoms with Crippen LogP contribution >= 0.6 is 34.8 Å². The summed E-state index contributed by atoms with van der Waals surface area (Å²) in [5.74, 6) is 0.579. The van der Waals surface area contributed by atoms with E-state index in [0.717, 1.165) is 6.42 Å². The minimum atomic E-state index is -0.00926. The first-order chi connectivity index (χ1) is 3.81. The normalized spacial score (nSPS) is 14.9. The predicted molar refractivity (Wildman–Crippen MR) is 40.0 cm³/mol. The Morgan fingerprint density at radius 2 is 2.12 bits per heavy atom. The highest BCUT2D eigenvalue weighted by Crippen LogP contribution is 2.04. The van der Waals surface area contributed by atoms with E-state index in [1.54, 1.807) is 6.08 Å². The van der Waals surface area contributed by atoms with E-state index >= 15 is 0 Å². The van der Waals surface area contributed by atoms with Crippen molar-refractivity contribution in [1.82, 2.24) is 0 Å². The molecule has 3 heteroatoms. The van der Waals surface area contributed by atoms with Gasteiger partial charge in [-0.2, -0.15) is 0 Å². The Kier molecular flexibility index (Phi) is 6.18. The van der Waals surface area contributed by atoms with Crippen LogP contribution in [0.15, 0.2) is 11.6 Å². The molecule has 0 aliphatic rings. The van der Waals surface area contributed by atoms with Gasteiger partial charge in [-0.05, 0) is 6.42 Å². The molecular formula is C5H7Cl3.